The van der Waals surface area contributed by atoms with E-state index in [0.29, 0.717) is 13.2 Å². The maximum Gasteiger partial charge on any atom is 0.410 e. The summed E-state index contributed by atoms with van der Waals surface area (Å²) in [4.78, 5) is 13.8. The predicted molar refractivity (Wildman–Crippen MR) is 94.8 cm³/mol. The molecule has 0 fully saturated rings. The molecule has 0 radical (unpaired) electrons. The number of amides is 1. The van der Waals surface area contributed by atoms with Crippen molar-refractivity contribution in [1.29, 1.82) is 0 Å². The van der Waals surface area contributed by atoms with Gasteiger partial charge in [-0.2, -0.15) is 5.10 Å². The molecule has 0 unspecified atom stereocenters. The number of benzene rings is 1. The van der Waals surface area contributed by atoms with E-state index < -0.39 is 5.60 Å². The van der Waals surface area contributed by atoms with Gasteiger partial charge >= 0.3 is 6.09 Å². The lowest BCUT2D eigenvalue weighted by molar-refractivity contribution is -0.00165. The lowest BCUT2D eigenvalue weighted by Gasteiger charge is -2.31. The Kier molecular flexibility index (Phi) is 4.81. The number of aromatic nitrogens is 2. The van der Waals surface area contributed by atoms with Crippen molar-refractivity contribution in [3.05, 3.63) is 47.8 Å². The Balaban J connectivity index is 1.80. The molecule has 1 aromatic heterocycles. The molecule has 0 spiro atoms. The van der Waals surface area contributed by atoms with Gasteiger partial charge in [0.05, 0.1) is 18.8 Å². The van der Waals surface area contributed by atoms with Crippen molar-refractivity contribution in [2.45, 2.75) is 38.9 Å². The zero-order valence-electron chi connectivity index (χ0n) is 15.2. The van der Waals surface area contributed by atoms with E-state index in [1.165, 1.54) is 5.56 Å². The molecule has 2 heterocycles. The first kappa shape index (κ1) is 17.5. The van der Waals surface area contributed by atoms with Gasteiger partial charge in [0.25, 0.3) is 0 Å². The lowest BCUT2D eigenvalue weighted by Crippen LogP contribution is -2.38. The summed E-state index contributed by atoms with van der Waals surface area (Å²) >= 11 is 0. The van der Waals surface area contributed by atoms with Crippen LogP contribution in [0.5, 0.6) is 0 Å². The molecule has 0 saturated heterocycles. The molecule has 6 nitrogen and oxygen atoms in total. The second-order valence-electron chi connectivity index (χ2n) is 7.27. The van der Waals surface area contributed by atoms with E-state index >= 15 is 0 Å². The summed E-state index contributed by atoms with van der Waals surface area (Å²) in [6.07, 6.45) is 4.03. The highest BCUT2D eigenvalue weighted by Gasteiger charge is 2.27. The molecular formula is C19H25N3O3. The molecule has 1 aliphatic rings. The van der Waals surface area contributed by atoms with Gasteiger partial charge in [-0.25, -0.2) is 9.48 Å². The summed E-state index contributed by atoms with van der Waals surface area (Å²) in [5, 5.41) is 4.34. The largest absolute Gasteiger partial charge is 0.444 e. The van der Waals surface area contributed by atoms with Crippen LogP contribution in [0.4, 0.5) is 4.79 Å². The molecular weight excluding hydrogens is 318 g/mol. The van der Waals surface area contributed by atoms with Crippen LogP contribution in [0.25, 0.3) is 5.69 Å². The number of likely N-dealkylation sites (N-methyl/N-ethyl adjacent to an activating group) is 1. The van der Waals surface area contributed by atoms with E-state index in [1.807, 2.05) is 43.8 Å². The van der Waals surface area contributed by atoms with Crippen LogP contribution in [0.1, 0.15) is 38.0 Å². The monoisotopic (exact) mass is 343 g/mol. The van der Waals surface area contributed by atoms with Crippen molar-refractivity contribution in [3.8, 4) is 5.69 Å². The van der Waals surface area contributed by atoms with Gasteiger partial charge in [-0.3, -0.25) is 0 Å². The smallest absolute Gasteiger partial charge is 0.410 e. The van der Waals surface area contributed by atoms with Crippen molar-refractivity contribution in [1.82, 2.24) is 14.7 Å². The zero-order chi connectivity index (χ0) is 18.0. The third-order valence-corrected chi connectivity index (χ3v) is 4.10. The van der Waals surface area contributed by atoms with Crippen molar-refractivity contribution in [2.24, 2.45) is 0 Å². The number of ether oxygens (including phenoxy) is 2. The molecule has 2 aromatic rings. The van der Waals surface area contributed by atoms with Crippen molar-refractivity contribution >= 4 is 6.09 Å². The van der Waals surface area contributed by atoms with E-state index in [-0.39, 0.29) is 12.2 Å². The molecule has 25 heavy (non-hydrogen) atoms. The highest BCUT2D eigenvalue weighted by Crippen LogP contribution is 2.31. The Bertz CT molecular complexity index is 735. The highest BCUT2D eigenvalue weighted by molar-refractivity contribution is 5.67. The normalized spacial score (nSPS) is 17.0. The van der Waals surface area contributed by atoms with Crippen LogP contribution >= 0.6 is 0 Å². The molecule has 0 bridgehead atoms. The summed E-state index contributed by atoms with van der Waals surface area (Å²) in [5.41, 5.74) is 2.88. The van der Waals surface area contributed by atoms with Crippen LogP contribution in [0.2, 0.25) is 0 Å². The quantitative estimate of drug-likeness (QED) is 0.857. The minimum atomic E-state index is -0.510. The summed E-state index contributed by atoms with van der Waals surface area (Å²) in [7, 11) is 1.74. The second kappa shape index (κ2) is 6.88. The molecule has 1 amide bonds. The number of carbonyl (C=O) groups is 1. The van der Waals surface area contributed by atoms with Crippen molar-refractivity contribution in [2.75, 3.05) is 20.2 Å². The highest BCUT2D eigenvalue weighted by atomic mass is 16.6. The summed E-state index contributed by atoms with van der Waals surface area (Å²) in [6.45, 7) is 6.66. The van der Waals surface area contributed by atoms with E-state index in [4.69, 9.17) is 9.47 Å². The summed E-state index contributed by atoms with van der Waals surface area (Å²) in [5.74, 6) is 0. The number of hydrogen-bond acceptors (Lipinski definition) is 4. The van der Waals surface area contributed by atoms with Gasteiger partial charge in [-0.1, -0.05) is 12.1 Å². The average molecular weight is 343 g/mol. The number of hydrogen-bond donors (Lipinski definition) is 0. The first-order chi connectivity index (χ1) is 11.8. The standard InChI is InChI=1S/C19H25N3O3/c1-19(2,3)25-18(23)21(4)13-17-15-7-5-8-16(14(15)9-12-24-17)22-11-6-10-20-22/h5-8,10-11,17H,9,12-13H2,1-4H3/t17-/m1/s1. The first-order valence-electron chi connectivity index (χ1n) is 8.52. The average Bonchev–Trinajstić information content (AvgIpc) is 3.07. The Morgan fingerprint density at radius 2 is 2.20 bits per heavy atom. The van der Waals surface area contributed by atoms with Crippen LogP contribution in [0.3, 0.4) is 0 Å². The molecule has 6 heteroatoms. The maximum atomic E-state index is 12.2. The molecule has 0 aliphatic carbocycles. The minimum absolute atomic E-state index is 0.170. The van der Waals surface area contributed by atoms with Crippen LogP contribution in [0.15, 0.2) is 36.7 Å². The first-order valence-corrected chi connectivity index (χ1v) is 8.52. The van der Waals surface area contributed by atoms with E-state index in [1.54, 1.807) is 18.1 Å². The van der Waals surface area contributed by atoms with Crippen molar-refractivity contribution in [3.63, 3.8) is 0 Å². The van der Waals surface area contributed by atoms with Crippen LogP contribution in [-0.4, -0.2) is 46.6 Å². The van der Waals surface area contributed by atoms with Crippen LogP contribution in [-0.2, 0) is 15.9 Å². The number of rotatable bonds is 3. The molecule has 1 aliphatic heterocycles. The third-order valence-electron chi connectivity index (χ3n) is 4.10. The van der Waals surface area contributed by atoms with Gasteiger partial charge in [-0.05, 0) is 50.5 Å². The Labute approximate surface area is 148 Å². The number of carbonyl (C=O) groups excluding carboxylic acids is 1. The Hall–Kier alpha value is -2.34. The fourth-order valence-electron chi connectivity index (χ4n) is 3.00. The van der Waals surface area contributed by atoms with Crippen LogP contribution < -0.4 is 0 Å². The van der Waals surface area contributed by atoms with Crippen LogP contribution in [0, 0.1) is 0 Å². The SMILES string of the molecule is CN(C[C@H]1OCCc2c1cccc2-n1cccn1)C(=O)OC(C)(C)C. The van der Waals surface area contributed by atoms with E-state index in [9.17, 15) is 4.79 Å². The summed E-state index contributed by atoms with van der Waals surface area (Å²) < 4.78 is 13.3. The van der Waals surface area contributed by atoms with Gasteiger partial charge in [0.15, 0.2) is 0 Å². The van der Waals surface area contributed by atoms with Gasteiger partial charge in [0.2, 0.25) is 0 Å². The molecule has 1 aromatic carbocycles. The molecule has 0 N–H and O–H groups in total. The Morgan fingerprint density at radius 3 is 2.88 bits per heavy atom. The van der Waals surface area contributed by atoms with E-state index in [0.717, 1.165) is 17.7 Å². The molecule has 134 valence electrons. The second-order valence-corrected chi connectivity index (χ2v) is 7.27. The molecule has 0 saturated carbocycles. The van der Waals surface area contributed by atoms with Crippen molar-refractivity contribution < 1.29 is 14.3 Å². The fraction of sp³-hybridized carbons (Fsp3) is 0.474. The molecule has 1 atom stereocenters. The minimum Gasteiger partial charge on any atom is -0.444 e. The van der Waals surface area contributed by atoms with Gasteiger partial charge in [0, 0.05) is 19.4 Å². The number of fused-ring (bicyclic) bond motifs is 1. The predicted octanol–water partition coefficient (Wildman–Crippen LogP) is 3.35. The summed E-state index contributed by atoms with van der Waals surface area (Å²) in [6, 6.07) is 8.04. The Morgan fingerprint density at radius 1 is 1.40 bits per heavy atom. The molecule has 3 rings (SSSR count). The van der Waals surface area contributed by atoms with E-state index in [2.05, 4.69) is 17.2 Å². The third kappa shape index (κ3) is 4.02. The van der Waals surface area contributed by atoms with Gasteiger partial charge < -0.3 is 14.4 Å². The van der Waals surface area contributed by atoms with Gasteiger partial charge in [-0.15, -0.1) is 0 Å². The lowest BCUT2D eigenvalue weighted by atomic mass is 9.95. The van der Waals surface area contributed by atoms with Gasteiger partial charge in [0.1, 0.15) is 11.7 Å². The number of nitrogens with zero attached hydrogens (tertiary/aromatic N) is 3. The zero-order valence-corrected chi connectivity index (χ0v) is 15.2. The maximum absolute atomic E-state index is 12.2. The fourth-order valence-corrected chi connectivity index (χ4v) is 3.00. The topological polar surface area (TPSA) is 56.6 Å².